The van der Waals surface area contributed by atoms with Crippen LogP contribution in [0.4, 0.5) is 8.78 Å². The maximum atomic E-state index is 13.6. The molecule has 0 amide bonds. The van der Waals surface area contributed by atoms with Crippen molar-refractivity contribution in [1.29, 1.82) is 0 Å². The van der Waals surface area contributed by atoms with Gasteiger partial charge in [-0.15, -0.1) is 11.3 Å². The number of hydrogen-bond acceptors (Lipinski definition) is 4. The maximum Gasteiger partial charge on any atom is 0.159 e. The molecule has 1 aliphatic carbocycles. The Kier molecular flexibility index (Phi) is 5.43. The monoisotopic (exact) mass is 417 g/mol. The molecule has 2 saturated heterocycles. The molecular formula is C23H29F2N3S. The lowest BCUT2D eigenvalue weighted by atomic mass is 9.79. The first-order valence-electron chi connectivity index (χ1n) is 10.9. The smallest absolute Gasteiger partial charge is 0.159 e. The fraction of sp³-hybridized carbons (Fsp3) is 0.609. The highest BCUT2D eigenvalue weighted by Crippen LogP contribution is 2.40. The van der Waals surface area contributed by atoms with Gasteiger partial charge in [-0.2, -0.15) is 0 Å². The molecule has 5 rings (SSSR count). The molecule has 1 atom stereocenters. The number of rotatable bonds is 4. The molecule has 0 saturated carbocycles. The van der Waals surface area contributed by atoms with Crippen LogP contribution in [0.25, 0.3) is 0 Å². The third-order valence-corrected chi connectivity index (χ3v) is 8.04. The summed E-state index contributed by atoms with van der Waals surface area (Å²) in [5.74, 6) is -1.51. The molecule has 3 nitrogen and oxygen atoms in total. The second kappa shape index (κ2) is 8.05. The molecule has 1 aromatic heterocycles. The average Bonchev–Trinajstić information content (AvgIpc) is 3.28. The van der Waals surface area contributed by atoms with Crippen molar-refractivity contribution in [2.24, 2.45) is 5.41 Å². The number of likely N-dealkylation sites (tertiary alicyclic amines) is 2. The fourth-order valence-electron chi connectivity index (χ4n) is 5.50. The van der Waals surface area contributed by atoms with Crippen LogP contribution >= 0.6 is 11.3 Å². The first-order valence-corrected chi connectivity index (χ1v) is 11.8. The van der Waals surface area contributed by atoms with E-state index in [2.05, 4.69) is 9.80 Å². The van der Waals surface area contributed by atoms with Crippen LogP contribution in [-0.2, 0) is 25.9 Å². The fourth-order valence-corrected chi connectivity index (χ4v) is 6.70. The molecule has 3 aliphatic rings. The van der Waals surface area contributed by atoms with E-state index in [1.54, 1.807) is 6.07 Å². The Bertz CT molecular complexity index is 860. The van der Waals surface area contributed by atoms with E-state index < -0.39 is 11.6 Å². The van der Waals surface area contributed by atoms with E-state index in [1.165, 1.54) is 66.2 Å². The van der Waals surface area contributed by atoms with Crippen LogP contribution in [-0.4, -0.2) is 41.0 Å². The summed E-state index contributed by atoms with van der Waals surface area (Å²) in [5, 5.41) is 1.29. The summed E-state index contributed by atoms with van der Waals surface area (Å²) in [6, 6.07) is 4.31. The van der Waals surface area contributed by atoms with Crippen LogP contribution in [0.2, 0.25) is 0 Å². The number of nitrogens with zero attached hydrogens (tertiary/aromatic N) is 3. The van der Waals surface area contributed by atoms with E-state index in [-0.39, 0.29) is 0 Å². The van der Waals surface area contributed by atoms with E-state index in [0.717, 1.165) is 44.7 Å². The first kappa shape index (κ1) is 19.6. The zero-order chi connectivity index (χ0) is 19.8. The predicted octanol–water partition coefficient (Wildman–Crippen LogP) is 4.79. The van der Waals surface area contributed by atoms with Crippen LogP contribution < -0.4 is 0 Å². The highest BCUT2D eigenvalue weighted by Gasteiger charge is 2.41. The molecule has 2 aromatic rings. The molecule has 3 heterocycles. The minimum atomic E-state index is -0.765. The number of thiazole rings is 1. The van der Waals surface area contributed by atoms with Gasteiger partial charge in [-0.25, -0.2) is 13.8 Å². The van der Waals surface area contributed by atoms with Crippen LogP contribution in [0.5, 0.6) is 0 Å². The lowest BCUT2D eigenvalue weighted by Gasteiger charge is -2.40. The molecule has 156 valence electrons. The Morgan fingerprint density at radius 3 is 2.59 bits per heavy atom. The topological polar surface area (TPSA) is 19.4 Å². The van der Waals surface area contributed by atoms with E-state index in [0.29, 0.717) is 12.0 Å². The van der Waals surface area contributed by atoms with Crippen molar-refractivity contribution < 1.29 is 8.78 Å². The van der Waals surface area contributed by atoms with Crippen LogP contribution in [0.3, 0.4) is 0 Å². The van der Waals surface area contributed by atoms with Crippen molar-refractivity contribution in [3.05, 3.63) is 51.0 Å². The summed E-state index contributed by atoms with van der Waals surface area (Å²) < 4.78 is 26.8. The van der Waals surface area contributed by atoms with Gasteiger partial charge in [0.05, 0.1) is 12.2 Å². The minimum absolute atomic E-state index is 0.341. The van der Waals surface area contributed by atoms with Crippen LogP contribution in [0.15, 0.2) is 18.2 Å². The number of piperidine rings is 1. The molecule has 0 bridgehead atoms. The molecule has 0 radical (unpaired) electrons. The molecule has 6 heteroatoms. The number of fused-ring (bicyclic) bond motifs is 1. The third kappa shape index (κ3) is 4.25. The molecule has 0 N–H and O–H groups in total. The van der Waals surface area contributed by atoms with Gasteiger partial charge in [0, 0.05) is 24.5 Å². The molecule has 1 aromatic carbocycles. The molecule has 1 spiro atoms. The Morgan fingerprint density at radius 2 is 1.76 bits per heavy atom. The van der Waals surface area contributed by atoms with Gasteiger partial charge in [-0.1, -0.05) is 6.07 Å². The van der Waals surface area contributed by atoms with Crippen LogP contribution in [0.1, 0.15) is 53.2 Å². The second-order valence-corrected chi connectivity index (χ2v) is 10.4. The second-order valence-electron chi connectivity index (χ2n) is 9.21. The van der Waals surface area contributed by atoms with Gasteiger partial charge in [0.2, 0.25) is 0 Å². The van der Waals surface area contributed by atoms with E-state index >= 15 is 0 Å². The summed E-state index contributed by atoms with van der Waals surface area (Å²) in [5.41, 5.74) is 2.57. The van der Waals surface area contributed by atoms with E-state index in [9.17, 15) is 8.78 Å². The lowest BCUT2D eigenvalue weighted by molar-refractivity contribution is 0.0865. The Morgan fingerprint density at radius 1 is 0.931 bits per heavy atom. The summed E-state index contributed by atoms with van der Waals surface area (Å²) in [7, 11) is 0. The number of aromatic nitrogens is 1. The standard InChI is InChI=1S/C23H29F2N3S/c24-18-7-6-17(12-19(18)25)13-27-10-3-8-23(15-27)9-11-28(16-23)14-22-26-20-4-1-2-5-21(20)29-22/h6-7,12H,1-5,8-11,13-16H2. The van der Waals surface area contributed by atoms with Gasteiger partial charge in [-0.05, 0) is 81.1 Å². The Hall–Kier alpha value is -1.37. The number of halogens is 2. The van der Waals surface area contributed by atoms with Crippen molar-refractivity contribution in [3.8, 4) is 0 Å². The quantitative estimate of drug-likeness (QED) is 0.713. The Balaban J connectivity index is 1.21. The zero-order valence-electron chi connectivity index (χ0n) is 16.9. The van der Waals surface area contributed by atoms with Gasteiger partial charge in [0.25, 0.3) is 0 Å². The maximum absolute atomic E-state index is 13.6. The zero-order valence-corrected chi connectivity index (χ0v) is 17.7. The van der Waals surface area contributed by atoms with Gasteiger partial charge in [-0.3, -0.25) is 9.80 Å². The van der Waals surface area contributed by atoms with Gasteiger partial charge >= 0.3 is 0 Å². The first-order chi connectivity index (χ1) is 14.1. The summed E-state index contributed by atoms with van der Waals surface area (Å²) in [4.78, 5) is 11.5. The highest BCUT2D eigenvalue weighted by atomic mass is 32.1. The normalized spacial score (nSPS) is 25.6. The Labute approximate surface area is 175 Å². The average molecular weight is 418 g/mol. The summed E-state index contributed by atoms with van der Waals surface area (Å²) in [6.07, 6.45) is 8.66. The van der Waals surface area contributed by atoms with Crippen molar-refractivity contribution in [2.75, 3.05) is 26.2 Å². The van der Waals surface area contributed by atoms with Crippen LogP contribution in [0, 0.1) is 17.0 Å². The lowest BCUT2D eigenvalue weighted by Crippen LogP contribution is -2.44. The van der Waals surface area contributed by atoms with Gasteiger partial charge in [0.15, 0.2) is 11.6 Å². The molecule has 29 heavy (non-hydrogen) atoms. The highest BCUT2D eigenvalue weighted by molar-refractivity contribution is 7.11. The van der Waals surface area contributed by atoms with E-state index in [4.69, 9.17) is 4.98 Å². The number of hydrogen-bond donors (Lipinski definition) is 0. The minimum Gasteiger partial charge on any atom is -0.298 e. The van der Waals surface area contributed by atoms with Crippen molar-refractivity contribution in [1.82, 2.24) is 14.8 Å². The molecule has 2 fully saturated rings. The molecular weight excluding hydrogens is 388 g/mol. The third-order valence-electron chi connectivity index (χ3n) is 6.90. The van der Waals surface area contributed by atoms with Gasteiger partial charge in [0.1, 0.15) is 5.01 Å². The largest absolute Gasteiger partial charge is 0.298 e. The van der Waals surface area contributed by atoms with Gasteiger partial charge < -0.3 is 0 Å². The van der Waals surface area contributed by atoms with E-state index in [1.807, 2.05) is 11.3 Å². The SMILES string of the molecule is Fc1ccc(CN2CCCC3(CCN(Cc4nc5c(s4)CCCC5)C3)C2)cc1F. The summed E-state index contributed by atoms with van der Waals surface area (Å²) in [6.45, 7) is 6.06. The molecule has 1 unspecified atom stereocenters. The predicted molar refractivity (Wildman–Crippen MR) is 112 cm³/mol. The number of benzene rings is 1. The van der Waals surface area contributed by atoms with Crippen molar-refractivity contribution >= 4 is 11.3 Å². The number of aryl methyl sites for hydroxylation is 2. The molecule has 2 aliphatic heterocycles. The summed E-state index contributed by atoms with van der Waals surface area (Å²) >= 11 is 1.93. The van der Waals surface area contributed by atoms with Crippen molar-refractivity contribution in [3.63, 3.8) is 0 Å². The van der Waals surface area contributed by atoms with Crippen molar-refractivity contribution in [2.45, 2.75) is 58.0 Å².